The second-order valence-corrected chi connectivity index (χ2v) is 8.03. The van der Waals surface area contributed by atoms with Crippen molar-refractivity contribution >= 4 is 5.91 Å². The largest absolute Gasteiger partial charge is 0.361 e. The Labute approximate surface area is 166 Å². The zero-order valence-electron chi connectivity index (χ0n) is 17.2. The van der Waals surface area contributed by atoms with Gasteiger partial charge in [0.2, 0.25) is 5.91 Å². The average Bonchev–Trinajstić information content (AvgIpc) is 2.99. The van der Waals surface area contributed by atoms with Crippen LogP contribution in [0.2, 0.25) is 0 Å². The minimum atomic E-state index is -0.165. The monoisotopic (exact) mass is 387 g/mol. The van der Waals surface area contributed by atoms with Gasteiger partial charge in [0.1, 0.15) is 11.6 Å². The normalized spacial score (nSPS) is 18.1. The summed E-state index contributed by atoms with van der Waals surface area (Å²) in [6.45, 7) is 10.9. The molecule has 152 valence electrons. The predicted molar refractivity (Wildman–Crippen MR) is 106 cm³/mol. The van der Waals surface area contributed by atoms with E-state index in [0.717, 1.165) is 30.1 Å². The van der Waals surface area contributed by atoms with E-state index in [2.05, 4.69) is 23.9 Å². The zero-order chi connectivity index (χ0) is 20.3. The molecule has 0 bridgehead atoms. The number of nitrogens with zero attached hydrogens (tertiary/aromatic N) is 3. The smallest absolute Gasteiger partial charge is 0.223 e. The molecule has 2 aromatic rings. The molecule has 3 rings (SSSR count). The molecule has 1 aliphatic heterocycles. The lowest BCUT2D eigenvalue weighted by Crippen LogP contribution is -2.56. The van der Waals surface area contributed by atoms with Crippen molar-refractivity contribution in [1.82, 2.24) is 15.0 Å². The summed E-state index contributed by atoms with van der Waals surface area (Å²) in [5, 5.41) is 3.97. The molecule has 5 nitrogen and oxygen atoms in total. The van der Waals surface area contributed by atoms with Gasteiger partial charge in [0.05, 0.1) is 5.69 Å². The fourth-order valence-corrected chi connectivity index (χ4v) is 4.00. The molecule has 1 aliphatic rings. The third kappa shape index (κ3) is 4.61. The summed E-state index contributed by atoms with van der Waals surface area (Å²) < 4.78 is 19.2. The summed E-state index contributed by atoms with van der Waals surface area (Å²) in [4.78, 5) is 17.2. The Morgan fingerprint density at radius 2 is 2.04 bits per heavy atom. The molecule has 6 heteroatoms. The molecule has 0 radical (unpaired) electrons. The fourth-order valence-electron chi connectivity index (χ4n) is 4.00. The number of piperazine rings is 1. The van der Waals surface area contributed by atoms with Crippen LogP contribution in [-0.2, 0) is 17.8 Å². The van der Waals surface area contributed by atoms with Gasteiger partial charge in [-0.05, 0) is 32.3 Å². The second kappa shape index (κ2) is 8.86. The predicted octanol–water partition coefficient (Wildman–Crippen LogP) is 3.73. The molecule has 0 saturated carbocycles. The highest BCUT2D eigenvalue weighted by atomic mass is 19.1. The fraction of sp³-hybridized carbons (Fsp3) is 0.545. The Morgan fingerprint density at radius 3 is 2.68 bits per heavy atom. The molecule has 0 unspecified atom stereocenters. The van der Waals surface area contributed by atoms with Crippen LogP contribution in [0, 0.1) is 25.6 Å². The highest BCUT2D eigenvalue weighted by molar-refractivity contribution is 5.77. The summed E-state index contributed by atoms with van der Waals surface area (Å²) in [6.07, 6.45) is 1.11. The molecule has 1 aromatic carbocycles. The molecular formula is C22H30FN3O2. The first-order valence-electron chi connectivity index (χ1n) is 10.0. The van der Waals surface area contributed by atoms with Gasteiger partial charge in [0.15, 0.2) is 0 Å². The van der Waals surface area contributed by atoms with Crippen LogP contribution in [0.25, 0.3) is 0 Å². The maximum absolute atomic E-state index is 14.0. The molecule has 0 N–H and O–H groups in total. The van der Waals surface area contributed by atoms with Crippen LogP contribution in [0.4, 0.5) is 4.39 Å². The minimum absolute atomic E-state index is 0.137. The number of hydrogen-bond acceptors (Lipinski definition) is 4. The Morgan fingerprint density at radius 1 is 1.29 bits per heavy atom. The van der Waals surface area contributed by atoms with Gasteiger partial charge in [-0.2, -0.15) is 0 Å². The maximum atomic E-state index is 14.0. The van der Waals surface area contributed by atoms with E-state index in [1.807, 2.05) is 30.9 Å². The number of hydrogen-bond donors (Lipinski definition) is 0. The minimum Gasteiger partial charge on any atom is -0.361 e. The van der Waals surface area contributed by atoms with Crippen LogP contribution < -0.4 is 0 Å². The SMILES string of the molecule is Cc1noc(C)c1CCC(=O)N1CCN(Cc2ccccc2F)C[C@@H]1C(C)C. The number of carbonyl (C=O) groups is 1. The van der Waals surface area contributed by atoms with E-state index in [1.54, 1.807) is 6.07 Å². The van der Waals surface area contributed by atoms with Crippen molar-refractivity contribution in [2.45, 2.75) is 53.1 Å². The first-order valence-corrected chi connectivity index (χ1v) is 10.0. The number of benzene rings is 1. The third-order valence-corrected chi connectivity index (χ3v) is 5.71. The zero-order valence-corrected chi connectivity index (χ0v) is 17.2. The van der Waals surface area contributed by atoms with E-state index in [1.165, 1.54) is 6.07 Å². The van der Waals surface area contributed by atoms with E-state index in [4.69, 9.17) is 4.52 Å². The van der Waals surface area contributed by atoms with Gasteiger partial charge in [0, 0.05) is 49.8 Å². The lowest BCUT2D eigenvalue weighted by Gasteiger charge is -2.43. The van der Waals surface area contributed by atoms with Crippen molar-refractivity contribution in [1.29, 1.82) is 0 Å². The van der Waals surface area contributed by atoms with E-state index in [0.29, 0.717) is 37.4 Å². The van der Waals surface area contributed by atoms with E-state index in [-0.39, 0.29) is 17.8 Å². The van der Waals surface area contributed by atoms with E-state index >= 15 is 0 Å². The quantitative estimate of drug-likeness (QED) is 0.758. The van der Waals surface area contributed by atoms with Crippen LogP contribution in [0.5, 0.6) is 0 Å². The molecular weight excluding hydrogens is 357 g/mol. The topological polar surface area (TPSA) is 49.6 Å². The van der Waals surface area contributed by atoms with Crippen LogP contribution in [0.15, 0.2) is 28.8 Å². The molecule has 0 aliphatic carbocycles. The molecule has 1 amide bonds. The second-order valence-electron chi connectivity index (χ2n) is 8.03. The Kier molecular flexibility index (Phi) is 6.50. The van der Waals surface area contributed by atoms with Crippen molar-refractivity contribution in [2.75, 3.05) is 19.6 Å². The highest BCUT2D eigenvalue weighted by Crippen LogP contribution is 2.22. The number of rotatable bonds is 6. The lowest BCUT2D eigenvalue weighted by molar-refractivity contribution is -0.137. The third-order valence-electron chi connectivity index (χ3n) is 5.71. The van der Waals surface area contributed by atoms with Gasteiger partial charge < -0.3 is 9.42 Å². The number of aromatic nitrogens is 1. The van der Waals surface area contributed by atoms with Crippen molar-refractivity contribution in [3.63, 3.8) is 0 Å². The van der Waals surface area contributed by atoms with Crippen LogP contribution >= 0.6 is 0 Å². The molecule has 28 heavy (non-hydrogen) atoms. The average molecular weight is 387 g/mol. The summed E-state index contributed by atoms with van der Waals surface area (Å²) in [7, 11) is 0. The van der Waals surface area contributed by atoms with Crippen molar-refractivity contribution in [3.8, 4) is 0 Å². The van der Waals surface area contributed by atoms with Gasteiger partial charge in [0.25, 0.3) is 0 Å². The van der Waals surface area contributed by atoms with Crippen molar-refractivity contribution in [2.24, 2.45) is 5.92 Å². The van der Waals surface area contributed by atoms with Crippen molar-refractivity contribution in [3.05, 3.63) is 52.7 Å². The van der Waals surface area contributed by atoms with Gasteiger partial charge >= 0.3 is 0 Å². The molecule has 1 aromatic heterocycles. The lowest BCUT2D eigenvalue weighted by atomic mass is 9.98. The van der Waals surface area contributed by atoms with Crippen LogP contribution in [0.3, 0.4) is 0 Å². The van der Waals surface area contributed by atoms with E-state index in [9.17, 15) is 9.18 Å². The Bertz CT molecular complexity index is 798. The maximum Gasteiger partial charge on any atom is 0.223 e. The van der Waals surface area contributed by atoms with E-state index < -0.39 is 0 Å². The van der Waals surface area contributed by atoms with Gasteiger partial charge in [-0.25, -0.2) is 4.39 Å². The number of carbonyl (C=O) groups excluding carboxylic acids is 1. The highest BCUT2D eigenvalue weighted by Gasteiger charge is 2.32. The summed E-state index contributed by atoms with van der Waals surface area (Å²) in [6, 6.07) is 7.06. The summed E-state index contributed by atoms with van der Waals surface area (Å²) in [5.74, 6) is 1.14. The summed E-state index contributed by atoms with van der Waals surface area (Å²) in [5.41, 5.74) is 2.61. The standard InChI is InChI=1S/C22H30FN3O2/c1-15(2)21-14-25(13-18-7-5-6-8-20(18)23)11-12-26(21)22(27)10-9-19-16(3)24-28-17(19)4/h5-8,15,21H,9-14H2,1-4H3/t21-/m1/s1. The molecule has 1 fully saturated rings. The summed E-state index contributed by atoms with van der Waals surface area (Å²) >= 11 is 0. The van der Waals surface area contributed by atoms with Gasteiger partial charge in [-0.3, -0.25) is 9.69 Å². The van der Waals surface area contributed by atoms with Crippen LogP contribution in [0.1, 0.15) is 42.8 Å². The number of halogens is 1. The number of amides is 1. The molecule has 0 spiro atoms. The van der Waals surface area contributed by atoms with Crippen LogP contribution in [-0.4, -0.2) is 46.5 Å². The molecule has 2 heterocycles. The molecule has 1 atom stereocenters. The Balaban J connectivity index is 1.62. The first kappa shape index (κ1) is 20.5. The van der Waals surface area contributed by atoms with Gasteiger partial charge in [-0.1, -0.05) is 37.2 Å². The first-order chi connectivity index (χ1) is 13.4. The molecule has 1 saturated heterocycles. The number of aryl methyl sites for hydroxylation is 2. The van der Waals surface area contributed by atoms with Gasteiger partial charge in [-0.15, -0.1) is 0 Å². The van der Waals surface area contributed by atoms with Crippen molar-refractivity contribution < 1.29 is 13.7 Å². The Hall–Kier alpha value is -2.21.